The zero-order chi connectivity index (χ0) is 22.4. The lowest BCUT2D eigenvalue weighted by molar-refractivity contribution is -0.121. The first-order chi connectivity index (χ1) is 14.9. The number of carbonyl (C=O) groups excluding carboxylic acids is 1. The highest BCUT2D eigenvalue weighted by atomic mass is 16.5. The molecule has 3 aromatic rings. The Labute approximate surface area is 184 Å². The molecule has 5 heteroatoms. The number of nitrogens with zero attached hydrogens (tertiary/aromatic N) is 1. The van der Waals surface area contributed by atoms with Crippen LogP contribution in [-0.4, -0.2) is 32.1 Å². The van der Waals surface area contributed by atoms with Crippen molar-refractivity contribution in [3.63, 3.8) is 0 Å². The summed E-state index contributed by atoms with van der Waals surface area (Å²) < 4.78 is 11.0. The van der Waals surface area contributed by atoms with Gasteiger partial charge in [-0.15, -0.1) is 0 Å². The van der Waals surface area contributed by atoms with Crippen LogP contribution in [-0.2, 0) is 11.3 Å². The molecule has 5 nitrogen and oxygen atoms in total. The summed E-state index contributed by atoms with van der Waals surface area (Å²) in [6.07, 6.45) is 0. The van der Waals surface area contributed by atoms with Crippen molar-refractivity contribution in [1.82, 2.24) is 4.90 Å². The van der Waals surface area contributed by atoms with Gasteiger partial charge < -0.3 is 14.8 Å². The van der Waals surface area contributed by atoms with Crippen LogP contribution in [0.2, 0.25) is 0 Å². The van der Waals surface area contributed by atoms with Crippen molar-refractivity contribution < 1.29 is 14.3 Å². The summed E-state index contributed by atoms with van der Waals surface area (Å²) in [5, 5.41) is 3.13. The summed E-state index contributed by atoms with van der Waals surface area (Å²) in [6.45, 7) is 4.53. The van der Waals surface area contributed by atoms with Gasteiger partial charge in [0.05, 0.1) is 14.2 Å². The molecule has 0 aliphatic heterocycles. The Morgan fingerprint density at radius 2 is 1.71 bits per heavy atom. The van der Waals surface area contributed by atoms with E-state index >= 15 is 0 Å². The average molecular weight is 419 g/mol. The smallest absolute Gasteiger partial charge is 0.246 e. The molecule has 0 aliphatic rings. The third-order valence-electron chi connectivity index (χ3n) is 5.36. The summed E-state index contributed by atoms with van der Waals surface area (Å²) >= 11 is 0. The predicted molar refractivity (Wildman–Crippen MR) is 125 cm³/mol. The monoisotopic (exact) mass is 418 g/mol. The van der Waals surface area contributed by atoms with Gasteiger partial charge in [-0.05, 0) is 49.7 Å². The first kappa shape index (κ1) is 22.4. The van der Waals surface area contributed by atoms with Crippen molar-refractivity contribution >= 4 is 11.6 Å². The Balaban J connectivity index is 1.93. The van der Waals surface area contributed by atoms with E-state index in [1.54, 1.807) is 14.2 Å². The number of anilines is 1. The molecule has 0 bridgehead atoms. The van der Waals surface area contributed by atoms with Crippen molar-refractivity contribution in [1.29, 1.82) is 0 Å². The van der Waals surface area contributed by atoms with E-state index < -0.39 is 6.04 Å². The molecule has 1 N–H and O–H groups in total. The highest BCUT2D eigenvalue weighted by Gasteiger charge is 2.27. The number of nitrogens with one attached hydrogen (secondary N) is 1. The highest BCUT2D eigenvalue weighted by molar-refractivity contribution is 5.96. The third-order valence-corrected chi connectivity index (χ3v) is 5.36. The van der Waals surface area contributed by atoms with E-state index in [0.717, 1.165) is 27.9 Å². The third kappa shape index (κ3) is 5.25. The number of amides is 1. The van der Waals surface area contributed by atoms with E-state index in [2.05, 4.69) is 5.32 Å². The predicted octanol–water partition coefficient (Wildman–Crippen LogP) is 5.13. The van der Waals surface area contributed by atoms with Crippen molar-refractivity contribution in [2.75, 3.05) is 26.6 Å². The number of aryl methyl sites for hydroxylation is 2. The second-order valence-electron chi connectivity index (χ2n) is 7.69. The van der Waals surface area contributed by atoms with E-state index in [1.165, 1.54) is 0 Å². The minimum absolute atomic E-state index is 0.0794. The van der Waals surface area contributed by atoms with Gasteiger partial charge in [0, 0.05) is 17.8 Å². The Hall–Kier alpha value is -3.31. The number of carbonyl (C=O) groups is 1. The molecule has 0 unspecified atom stereocenters. The zero-order valence-corrected chi connectivity index (χ0v) is 18.8. The second-order valence-corrected chi connectivity index (χ2v) is 7.69. The van der Waals surface area contributed by atoms with Gasteiger partial charge in [-0.25, -0.2) is 0 Å². The Bertz CT molecular complexity index is 1030. The SMILES string of the molecule is COc1cccc(CN(C)[C@H](C(=O)Nc2cc(C)ccc2C)c2ccccc2)c1OC. The molecule has 1 atom stereocenters. The lowest BCUT2D eigenvalue weighted by Crippen LogP contribution is -2.34. The molecule has 0 aliphatic carbocycles. The minimum atomic E-state index is -0.475. The number of ether oxygens (including phenoxy) is 2. The van der Waals surface area contributed by atoms with E-state index in [1.807, 2.05) is 92.5 Å². The number of likely N-dealkylation sites (N-methyl/N-ethyl adjacent to an activating group) is 1. The average Bonchev–Trinajstić information content (AvgIpc) is 2.77. The number of methoxy groups -OCH3 is 2. The Kier molecular flexibility index (Phi) is 7.32. The maximum atomic E-state index is 13.5. The van der Waals surface area contributed by atoms with Gasteiger partial charge in [0.2, 0.25) is 5.91 Å². The summed E-state index contributed by atoms with van der Waals surface area (Å²) in [4.78, 5) is 15.5. The van der Waals surface area contributed by atoms with Crippen LogP contribution < -0.4 is 14.8 Å². The van der Waals surface area contributed by atoms with Crippen molar-refractivity contribution in [2.45, 2.75) is 26.4 Å². The van der Waals surface area contributed by atoms with Gasteiger partial charge in [0.1, 0.15) is 6.04 Å². The Morgan fingerprint density at radius 3 is 2.39 bits per heavy atom. The fourth-order valence-electron chi connectivity index (χ4n) is 3.75. The molecule has 0 saturated heterocycles. The molecule has 3 aromatic carbocycles. The molecule has 3 rings (SSSR count). The molecule has 0 saturated carbocycles. The highest BCUT2D eigenvalue weighted by Crippen LogP contribution is 2.33. The molecule has 0 aromatic heterocycles. The maximum Gasteiger partial charge on any atom is 0.246 e. The molecule has 1 amide bonds. The van der Waals surface area contributed by atoms with Gasteiger partial charge >= 0.3 is 0 Å². The van der Waals surface area contributed by atoms with Crippen LogP contribution in [0.4, 0.5) is 5.69 Å². The maximum absolute atomic E-state index is 13.5. The quantitative estimate of drug-likeness (QED) is 0.551. The van der Waals surface area contributed by atoms with Gasteiger partial charge in [0.25, 0.3) is 0 Å². The van der Waals surface area contributed by atoms with Crippen LogP contribution in [0.3, 0.4) is 0 Å². The fourth-order valence-corrected chi connectivity index (χ4v) is 3.75. The molecule has 0 fully saturated rings. The van der Waals surface area contributed by atoms with E-state index in [9.17, 15) is 4.79 Å². The summed E-state index contributed by atoms with van der Waals surface area (Å²) in [5.74, 6) is 1.27. The molecule has 0 heterocycles. The van der Waals surface area contributed by atoms with Crippen LogP contribution in [0.5, 0.6) is 11.5 Å². The number of para-hydroxylation sites is 1. The van der Waals surface area contributed by atoms with Crippen LogP contribution in [0, 0.1) is 13.8 Å². The summed E-state index contributed by atoms with van der Waals surface area (Å²) in [6, 6.07) is 21.2. The second kappa shape index (κ2) is 10.1. The van der Waals surface area contributed by atoms with Crippen molar-refractivity contribution in [2.24, 2.45) is 0 Å². The fraction of sp³-hybridized carbons (Fsp3) is 0.269. The molecule has 31 heavy (non-hydrogen) atoms. The molecular weight excluding hydrogens is 388 g/mol. The van der Waals surface area contributed by atoms with Crippen LogP contribution in [0.15, 0.2) is 66.7 Å². The lowest BCUT2D eigenvalue weighted by atomic mass is 10.0. The van der Waals surface area contributed by atoms with Crippen molar-refractivity contribution in [3.05, 3.63) is 89.0 Å². The van der Waals surface area contributed by atoms with Gasteiger partial charge in [-0.2, -0.15) is 0 Å². The first-order valence-electron chi connectivity index (χ1n) is 10.3. The largest absolute Gasteiger partial charge is 0.493 e. The minimum Gasteiger partial charge on any atom is -0.493 e. The van der Waals surface area contributed by atoms with Crippen LogP contribution in [0.25, 0.3) is 0 Å². The molecular formula is C26H30N2O3. The van der Waals surface area contributed by atoms with E-state index in [0.29, 0.717) is 18.0 Å². The van der Waals surface area contributed by atoms with Crippen molar-refractivity contribution in [3.8, 4) is 11.5 Å². The molecule has 0 radical (unpaired) electrons. The summed E-state index contributed by atoms with van der Waals surface area (Å²) in [7, 11) is 5.19. The van der Waals surface area contributed by atoms with E-state index in [4.69, 9.17) is 9.47 Å². The number of hydrogen-bond donors (Lipinski definition) is 1. The normalized spacial score (nSPS) is 11.8. The van der Waals surface area contributed by atoms with Gasteiger partial charge in [-0.3, -0.25) is 9.69 Å². The molecule has 162 valence electrons. The number of benzene rings is 3. The van der Waals surface area contributed by atoms with Gasteiger partial charge in [-0.1, -0.05) is 54.6 Å². The first-order valence-corrected chi connectivity index (χ1v) is 10.3. The summed E-state index contributed by atoms with van der Waals surface area (Å²) in [5.41, 5.74) is 4.84. The Morgan fingerprint density at radius 1 is 0.968 bits per heavy atom. The molecule has 0 spiro atoms. The topological polar surface area (TPSA) is 50.8 Å². The van der Waals surface area contributed by atoms with Gasteiger partial charge in [0.15, 0.2) is 11.5 Å². The van der Waals surface area contributed by atoms with Crippen LogP contribution in [0.1, 0.15) is 28.3 Å². The van der Waals surface area contributed by atoms with Crippen LogP contribution >= 0.6 is 0 Å². The zero-order valence-electron chi connectivity index (χ0n) is 18.8. The standard InChI is InChI=1S/C26H30N2O3/c1-18-14-15-19(2)22(16-18)27-26(29)24(20-10-7-6-8-11-20)28(3)17-21-12-9-13-23(30-4)25(21)31-5/h6-16,24H,17H2,1-5H3,(H,27,29)/t24-/m0/s1. The lowest BCUT2D eigenvalue weighted by Gasteiger charge is -2.28. The number of rotatable bonds is 8. The number of hydrogen-bond acceptors (Lipinski definition) is 4. The van der Waals surface area contributed by atoms with E-state index in [-0.39, 0.29) is 5.91 Å².